The third-order valence-corrected chi connectivity index (χ3v) is 4.21. The molecule has 140 valence electrons. The number of benzene rings is 1. The molecule has 0 aliphatic carbocycles. The van der Waals surface area contributed by atoms with Gasteiger partial charge in [-0.25, -0.2) is 0 Å². The van der Waals surface area contributed by atoms with Crippen LogP contribution >= 0.6 is 0 Å². The molecule has 1 atom stereocenters. The summed E-state index contributed by atoms with van der Waals surface area (Å²) >= 11 is 0. The van der Waals surface area contributed by atoms with Gasteiger partial charge in [-0.1, -0.05) is 0 Å². The number of rotatable bonds is 5. The van der Waals surface area contributed by atoms with Gasteiger partial charge in [0.1, 0.15) is 13.2 Å². The van der Waals surface area contributed by atoms with Crippen molar-refractivity contribution in [3.05, 3.63) is 18.2 Å². The number of nitrogens with one attached hydrogen (secondary N) is 2. The molecule has 0 radical (unpaired) electrons. The summed E-state index contributed by atoms with van der Waals surface area (Å²) in [5, 5.41) is 5.30. The third kappa shape index (κ3) is 4.07. The first-order chi connectivity index (χ1) is 12.4. The van der Waals surface area contributed by atoms with Gasteiger partial charge in [-0.2, -0.15) is 0 Å². The van der Waals surface area contributed by atoms with Gasteiger partial charge in [0.2, 0.25) is 17.7 Å². The van der Waals surface area contributed by atoms with Crippen molar-refractivity contribution < 1.29 is 23.9 Å². The minimum Gasteiger partial charge on any atom is -0.486 e. The van der Waals surface area contributed by atoms with Gasteiger partial charge >= 0.3 is 0 Å². The van der Waals surface area contributed by atoms with E-state index in [1.807, 2.05) is 13.8 Å². The molecule has 1 aromatic carbocycles. The van der Waals surface area contributed by atoms with E-state index >= 15 is 0 Å². The van der Waals surface area contributed by atoms with Gasteiger partial charge < -0.3 is 25.0 Å². The predicted molar refractivity (Wildman–Crippen MR) is 94.2 cm³/mol. The van der Waals surface area contributed by atoms with Gasteiger partial charge in [0.25, 0.3) is 0 Å². The lowest BCUT2D eigenvalue weighted by molar-refractivity contribution is -0.129. The highest BCUT2D eigenvalue weighted by molar-refractivity contribution is 6.01. The van der Waals surface area contributed by atoms with Crippen molar-refractivity contribution >= 4 is 23.4 Å². The van der Waals surface area contributed by atoms with Crippen molar-refractivity contribution in [1.82, 2.24) is 10.6 Å². The molecule has 0 bridgehead atoms. The van der Waals surface area contributed by atoms with Crippen LogP contribution in [0.2, 0.25) is 0 Å². The standard InChI is InChI=1S/C18H23N3O5/c1-11(2)20-16(22)9-19-18(24)12-7-17(23)21(10-12)13-3-4-14-15(8-13)26-6-5-25-14/h3-4,8,11-12H,5-7,9-10H2,1-2H3,(H,19,24)(H,20,22)/t12-/m0/s1. The monoisotopic (exact) mass is 361 g/mol. The van der Waals surface area contributed by atoms with Crippen LogP contribution in [0.4, 0.5) is 5.69 Å². The second-order valence-electron chi connectivity index (χ2n) is 6.67. The van der Waals surface area contributed by atoms with Crippen LogP contribution < -0.4 is 25.0 Å². The number of anilines is 1. The van der Waals surface area contributed by atoms with Crippen molar-refractivity contribution in [2.75, 3.05) is 31.2 Å². The number of nitrogens with zero attached hydrogens (tertiary/aromatic N) is 1. The molecule has 3 rings (SSSR count). The van der Waals surface area contributed by atoms with Gasteiger partial charge in [-0.15, -0.1) is 0 Å². The summed E-state index contributed by atoms with van der Waals surface area (Å²) in [5.41, 5.74) is 0.673. The maximum absolute atomic E-state index is 12.3. The van der Waals surface area contributed by atoms with E-state index in [1.165, 1.54) is 0 Å². The van der Waals surface area contributed by atoms with Gasteiger partial charge in [0.05, 0.1) is 12.5 Å². The summed E-state index contributed by atoms with van der Waals surface area (Å²) < 4.78 is 11.0. The number of hydrogen-bond donors (Lipinski definition) is 2. The van der Waals surface area contributed by atoms with Crippen LogP contribution in [0.5, 0.6) is 11.5 Å². The molecule has 0 unspecified atom stereocenters. The molecule has 2 N–H and O–H groups in total. The Kier molecular flexibility index (Phi) is 5.29. The summed E-state index contributed by atoms with van der Waals surface area (Å²) in [6.45, 7) is 4.85. The van der Waals surface area contributed by atoms with E-state index in [0.717, 1.165) is 0 Å². The molecule has 0 saturated carbocycles. The number of hydrogen-bond acceptors (Lipinski definition) is 5. The number of carbonyl (C=O) groups excluding carboxylic acids is 3. The van der Waals surface area contributed by atoms with Crippen molar-refractivity contribution in [2.45, 2.75) is 26.3 Å². The van der Waals surface area contributed by atoms with Crippen LogP contribution in [-0.2, 0) is 14.4 Å². The highest BCUT2D eigenvalue weighted by Gasteiger charge is 2.35. The van der Waals surface area contributed by atoms with Crippen molar-refractivity contribution in [3.8, 4) is 11.5 Å². The Labute approximate surface area is 151 Å². The first kappa shape index (κ1) is 18.0. The first-order valence-electron chi connectivity index (χ1n) is 8.71. The van der Waals surface area contributed by atoms with Crippen molar-refractivity contribution in [2.24, 2.45) is 5.92 Å². The van der Waals surface area contributed by atoms with Crippen LogP contribution in [0.1, 0.15) is 20.3 Å². The lowest BCUT2D eigenvalue weighted by atomic mass is 10.1. The molecule has 0 aromatic heterocycles. The SMILES string of the molecule is CC(C)NC(=O)CNC(=O)[C@H]1CC(=O)N(c2ccc3c(c2)OCCO3)C1. The summed E-state index contributed by atoms with van der Waals surface area (Å²) in [5.74, 6) is 0.0894. The maximum Gasteiger partial charge on any atom is 0.239 e. The molecular formula is C18H23N3O5. The average molecular weight is 361 g/mol. The Bertz CT molecular complexity index is 719. The average Bonchev–Trinajstić information content (AvgIpc) is 3.00. The van der Waals surface area contributed by atoms with E-state index in [9.17, 15) is 14.4 Å². The molecule has 3 amide bonds. The van der Waals surface area contributed by atoms with Gasteiger partial charge in [0.15, 0.2) is 11.5 Å². The lowest BCUT2D eigenvalue weighted by Gasteiger charge is -2.22. The predicted octanol–water partition coefficient (Wildman–Crippen LogP) is 0.452. The fourth-order valence-electron chi connectivity index (χ4n) is 3.02. The molecule has 1 fully saturated rings. The number of ether oxygens (including phenoxy) is 2. The van der Waals surface area contributed by atoms with E-state index in [1.54, 1.807) is 23.1 Å². The summed E-state index contributed by atoms with van der Waals surface area (Å²) in [6, 6.07) is 5.31. The Balaban J connectivity index is 1.60. The zero-order chi connectivity index (χ0) is 18.7. The van der Waals surface area contributed by atoms with Crippen LogP contribution in [0.25, 0.3) is 0 Å². The fraction of sp³-hybridized carbons (Fsp3) is 0.500. The second-order valence-corrected chi connectivity index (χ2v) is 6.67. The van der Waals surface area contributed by atoms with Crippen molar-refractivity contribution in [3.63, 3.8) is 0 Å². The van der Waals surface area contributed by atoms with Crippen molar-refractivity contribution in [1.29, 1.82) is 0 Å². The molecule has 1 saturated heterocycles. The first-order valence-corrected chi connectivity index (χ1v) is 8.71. The third-order valence-electron chi connectivity index (χ3n) is 4.21. The summed E-state index contributed by atoms with van der Waals surface area (Å²) in [7, 11) is 0. The van der Waals surface area contributed by atoms with E-state index < -0.39 is 5.92 Å². The Hall–Kier alpha value is -2.77. The lowest BCUT2D eigenvalue weighted by Crippen LogP contribution is -2.42. The molecule has 2 heterocycles. The topological polar surface area (TPSA) is 97.0 Å². The summed E-state index contributed by atoms with van der Waals surface area (Å²) in [4.78, 5) is 37.8. The van der Waals surface area contributed by atoms with Crippen LogP contribution in [-0.4, -0.2) is 50.1 Å². The Morgan fingerprint density at radius 1 is 1.23 bits per heavy atom. The second kappa shape index (κ2) is 7.63. The largest absolute Gasteiger partial charge is 0.486 e. The number of amides is 3. The molecule has 8 nitrogen and oxygen atoms in total. The minimum absolute atomic E-state index is 0.0122. The van der Waals surface area contributed by atoms with E-state index in [2.05, 4.69) is 10.6 Å². The normalized spacial score (nSPS) is 18.8. The Morgan fingerprint density at radius 3 is 2.69 bits per heavy atom. The fourth-order valence-corrected chi connectivity index (χ4v) is 3.02. The number of carbonyl (C=O) groups is 3. The molecule has 1 aromatic rings. The zero-order valence-electron chi connectivity index (χ0n) is 14.9. The minimum atomic E-state index is -0.484. The van der Waals surface area contributed by atoms with E-state index in [4.69, 9.17) is 9.47 Å². The number of fused-ring (bicyclic) bond motifs is 1. The maximum atomic E-state index is 12.3. The molecule has 2 aliphatic heterocycles. The van der Waals surface area contributed by atoms with Gasteiger partial charge in [-0.3, -0.25) is 14.4 Å². The molecular weight excluding hydrogens is 338 g/mol. The van der Waals surface area contributed by atoms with Crippen LogP contribution in [0, 0.1) is 5.92 Å². The molecule has 8 heteroatoms. The highest BCUT2D eigenvalue weighted by Crippen LogP contribution is 2.35. The quantitative estimate of drug-likeness (QED) is 0.794. The highest BCUT2D eigenvalue weighted by atomic mass is 16.6. The van der Waals surface area contributed by atoms with Crippen LogP contribution in [0.15, 0.2) is 18.2 Å². The molecule has 26 heavy (non-hydrogen) atoms. The molecule has 2 aliphatic rings. The molecule has 0 spiro atoms. The zero-order valence-corrected chi connectivity index (χ0v) is 14.9. The van der Waals surface area contributed by atoms with E-state index in [0.29, 0.717) is 30.4 Å². The Morgan fingerprint density at radius 2 is 1.96 bits per heavy atom. The van der Waals surface area contributed by atoms with E-state index in [-0.39, 0.29) is 43.3 Å². The van der Waals surface area contributed by atoms with Gasteiger partial charge in [0, 0.05) is 30.8 Å². The summed E-state index contributed by atoms with van der Waals surface area (Å²) in [6.07, 6.45) is 0.117. The van der Waals surface area contributed by atoms with Crippen LogP contribution in [0.3, 0.4) is 0 Å². The van der Waals surface area contributed by atoms with Gasteiger partial charge in [-0.05, 0) is 26.0 Å². The smallest absolute Gasteiger partial charge is 0.239 e.